The molecule has 2 heterocycles. The maximum absolute atomic E-state index is 10.3. The Balaban J connectivity index is 2.41. The molecule has 0 spiro atoms. The summed E-state index contributed by atoms with van der Waals surface area (Å²) < 4.78 is 0. The van der Waals surface area contributed by atoms with Crippen LogP contribution >= 0.6 is 11.3 Å². The Morgan fingerprint density at radius 3 is 2.31 bits per heavy atom. The molecule has 2 rings (SSSR count). The second-order valence-corrected chi connectivity index (χ2v) is 5.14. The Morgan fingerprint density at radius 1 is 1.19 bits per heavy atom. The molecule has 0 aliphatic heterocycles. The van der Waals surface area contributed by atoms with Gasteiger partial charge in [-0.2, -0.15) is 0 Å². The number of hydrogen-bond donors (Lipinski definition) is 1. The number of aryl methyl sites for hydroxylation is 3. The Bertz CT molecular complexity index is 484. The van der Waals surface area contributed by atoms with Gasteiger partial charge in [0.2, 0.25) is 0 Å². The lowest BCUT2D eigenvalue weighted by molar-refractivity contribution is 0.220. The van der Waals surface area contributed by atoms with Gasteiger partial charge in [-0.1, -0.05) is 0 Å². The number of pyridine rings is 1. The molecule has 84 valence electrons. The van der Waals surface area contributed by atoms with E-state index in [1.165, 1.54) is 4.88 Å². The van der Waals surface area contributed by atoms with Crippen molar-refractivity contribution in [2.75, 3.05) is 0 Å². The van der Waals surface area contributed by atoms with Crippen LogP contribution in [0, 0.1) is 20.8 Å². The average molecular weight is 233 g/mol. The van der Waals surface area contributed by atoms with E-state index >= 15 is 0 Å². The van der Waals surface area contributed by atoms with E-state index in [0.29, 0.717) is 0 Å². The van der Waals surface area contributed by atoms with Crippen LogP contribution in [0.15, 0.2) is 23.6 Å². The molecule has 2 aromatic heterocycles. The normalized spacial score (nSPS) is 12.8. The summed E-state index contributed by atoms with van der Waals surface area (Å²) in [5.74, 6) is 0. The van der Waals surface area contributed by atoms with E-state index in [0.717, 1.165) is 22.5 Å². The van der Waals surface area contributed by atoms with Crippen molar-refractivity contribution in [1.29, 1.82) is 0 Å². The predicted octanol–water partition coefficient (Wildman–Crippen LogP) is 3.15. The molecule has 0 radical (unpaired) electrons. The molecular formula is C13H15NOS. The number of rotatable bonds is 2. The van der Waals surface area contributed by atoms with Crippen molar-refractivity contribution in [2.24, 2.45) is 0 Å². The van der Waals surface area contributed by atoms with E-state index in [2.05, 4.69) is 4.98 Å². The van der Waals surface area contributed by atoms with Crippen LogP contribution in [0.5, 0.6) is 0 Å². The summed E-state index contributed by atoms with van der Waals surface area (Å²) in [5, 5.41) is 12.3. The number of aromatic nitrogens is 1. The van der Waals surface area contributed by atoms with Crippen molar-refractivity contribution in [3.05, 3.63) is 51.0 Å². The summed E-state index contributed by atoms with van der Waals surface area (Å²) in [6.07, 6.45) is -0.536. The average Bonchev–Trinajstić information content (AvgIpc) is 2.62. The molecule has 2 aromatic rings. The maximum atomic E-state index is 10.3. The third kappa shape index (κ3) is 2.15. The second-order valence-electron chi connectivity index (χ2n) is 4.02. The zero-order valence-corrected chi connectivity index (χ0v) is 10.5. The van der Waals surface area contributed by atoms with Gasteiger partial charge in [0.25, 0.3) is 0 Å². The van der Waals surface area contributed by atoms with Gasteiger partial charge in [0.05, 0.1) is 0 Å². The van der Waals surface area contributed by atoms with Gasteiger partial charge in [-0.15, -0.1) is 11.3 Å². The molecule has 3 heteroatoms. The van der Waals surface area contributed by atoms with Crippen molar-refractivity contribution < 1.29 is 5.11 Å². The van der Waals surface area contributed by atoms with Crippen LogP contribution in [0.3, 0.4) is 0 Å². The lowest BCUT2D eigenvalue weighted by Crippen LogP contribution is -2.02. The molecule has 0 fully saturated rings. The Hall–Kier alpha value is -1.19. The monoisotopic (exact) mass is 233 g/mol. The van der Waals surface area contributed by atoms with E-state index in [1.54, 1.807) is 11.3 Å². The molecule has 0 amide bonds. The molecule has 2 nitrogen and oxygen atoms in total. The van der Waals surface area contributed by atoms with Crippen molar-refractivity contribution in [3.8, 4) is 0 Å². The number of aliphatic hydroxyl groups is 1. The fourth-order valence-electron chi connectivity index (χ4n) is 1.88. The van der Waals surface area contributed by atoms with Crippen LogP contribution in [0.1, 0.15) is 33.5 Å². The number of aliphatic hydroxyl groups excluding tert-OH is 1. The number of hydrogen-bond acceptors (Lipinski definition) is 3. The van der Waals surface area contributed by atoms with Gasteiger partial charge in [-0.3, -0.25) is 4.98 Å². The molecule has 0 bridgehead atoms. The predicted molar refractivity (Wildman–Crippen MR) is 66.8 cm³/mol. The van der Waals surface area contributed by atoms with Crippen molar-refractivity contribution in [1.82, 2.24) is 4.98 Å². The third-order valence-electron chi connectivity index (χ3n) is 2.61. The van der Waals surface area contributed by atoms with Crippen LogP contribution in [-0.4, -0.2) is 10.1 Å². The fraction of sp³-hybridized carbons (Fsp3) is 0.308. The van der Waals surface area contributed by atoms with E-state index in [-0.39, 0.29) is 0 Å². The van der Waals surface area contributed by atoms with Gasteiger partial charge < -0.3 is 5.11 Å². The molecule has 1 N–H and O–H groups in total. The highest BCUT2D eigenvalue weighted by Gasteiger charge is 2.14. The Morgan fingerprint density at radius 2 is 1.81 bits per heavy atom. The van der Waals surface area contributed by atoms with E-state index in [9.17, 15) is 5.11 Å². The quantitative estimate of drug-likeness (QED) is 0.864. The zero-order valence-electron chi connectivity index (χ0n) is 9.69. The molecule has 0 aliphatic rings. The first-order valence-electron chi connectivity index (χ1n) is 5.25. The summed E-state index contributed by atoms with van der Waals surface area (Å²) in [5.41, 5.74) is 3.81. The minimum absolute atomic E-state index is 0.536. The largest absolute Gasteiger partial charge is 0.384 e. The molecule has 0 saturated carbocycles. The minimum atomic E-state index is -0.536. The third-order valence-corrected chi connectivity index (χ3v) is 3.47. The topological polar surface area (TPSA) is 33.1 Å². The SMILES string of the molecule is Cc1cc(C(O)c2ccsc2C)cc(C)n1. The number of nitrogens with zero attached hydrogens (tertiary/aromatic N) is 1. The molecule has 0 saturated heterocycles. The fourth-order valence-corrected chi connectivity index (χ4v) is 2.62. The molecule has 0 aliphatic carbocycles. The number of thiophene rings is 1. The van der Waals surface area contributed by atoms with Gasteiger partial charge >= 0.3 is 0 Å². The van der Waals surface area contributed by atoms with Gasteiger partial charge in [0.1, 0.15) is 6.10 Å². The van der Waals surface area contributed by atoms with Gasteiger partial charge in [0, 0.05) is 16.3 Å². The first-order valence-corrected chi connectivity index (χ1v) is 6.13. The Labute approximate surface area is 99.6 Å². The summed E-state index contributed by atoms with van der Waals surface area (Å²) in [6, 6.07) is 5.86. The first kappa shape index (κ1) is 11.3. The van der Waals surface area contributed by atoms with Crippen molar-refractivity contribution in [3.63, 3.8) is 0 Å². The van der Waals surface area contributed by atoms with Crippen LogP contribution in [0.4, 0.5) is 0 Å². The van der Waals surface area contributed by atoms with Gasteiger partial charge in [-0.25, -0.2) is 0 Å². The van der Waals surface area contributed by atoms with Crippen LogP contribution < -0.4 is 0 Å². The van der Waals surface area contributed by atoms with Gasteiger partial charge in [0.15, 0.2) is 0 Å². The maximum Gasteiger partial charge on any atom is 0.105 e. The lowest BCUT2D eigenvalue weighted by Gasteiger charge is -2.12. The van der Waals surface area contributed by atoms with Gasteiger partial charge in [-0.05, 0) is 55.5 Å². The van der Waals surface area contributed by atoms with E-state index in [1.807, 2.05) is 44.4 Å². The van der Waals surface area contributed by atoms with E-state index in [4.69, 9.17) is 0 Å². The Kier molecular flexibility index (Phi) is 3.08. The summed E-state index contributed by atoms with van der Waals surface area (Å²) in [6.45, 7) is 5.93. The highest BCUT2D eigenvalue weighted by atomic mass is 32.1. The van der Waals surface area contributed by atoms with Crippen molar-refractivity contribution in [2.45, 2.75) is 26.9 Å². The summed E-state index contributed by atoms with van der Waals surface area (Å²) >= 11 is 1.66. The molecule has 1 atom stereocenters. The molecule has 1 unspecified atom stereocenters. The highest BCUT2D eigenvalue weighted by molar-refractivity contribution is 7.10. The second kappa shape index (κ2) is 4.36. The molecule has 0 aromatic carbocycles. The summed E-state index contributed by atoms with van der Waals surface area (Å²) in [7, 11) is 0. The van der Waals surface area contributed by atoms with E-state index < -0.39 is 6.10 Å². The smallest absolute Gasteiger partial charge is 0.105 e. The zero-order chi connectivity index (χ0) is 11.7. The highest BCUT2D eigenvalue weighted by Crippen LogP contribution is 2.28. The first-order chi connectivity index (χ1) is 7.58. The summed E-state index contributed by atoms with van der Waals surface area (Å²) in [4.78, 5) is 5.48. The van der Waals surface area contributed by atoms with Crippen LogP contribution in [0.25, 0.3) is 0 Å². The standard InChI is InChI=1S/C13H15NOS/c1-8-6-11(7-9(2)14-8)13(15)12-4-5-16-10(12)3/h4-7,13,15H,1-3H3. The van der Waals surface area contributed by atoms with Crippen molar-refractivity contribution >= 4 is 11.3 Å². The van der Waals surface area contributed by atoms with Crippen LogP contribution in [0.2, 0.25) is 0 Å². The minimum Gasteiger partial charge on any atom is -0.384 e. The lowest BCUT2D eigenvalue weighted by atomic mass is 10.0. The molecular weight excluding hydrogens is 218 g/mol. The molecule has 16 heavy (non-hydrogen) atoms. The van der Waals surface area contributed by atoms with Crippen LogP contribution in [-0.2, 0) is 0 Å².